The molecule has 5 nitrogen and oxygen atoms in total. The van der Waals surface area contributed by atoms with Gasteiger partial charge in [-0.1, -0.05) is 6.07 Å². The van der Waals surface area contributed by atoms with Crippen molar-refractivity contribution < 1.29 is 9.59 Å². The third kappa shape index (κ3) is 5.52. The number of nitrogens with zero attached hydrogens (tertiary/aromatic N) is 1. The van der Waals surface area contributed by atoms with Crippen molar-refractivity contribution >= 4 is 29.9 Å². The van der Waals surface area contributed by atoms with Gasteiger partial charge in [-0.3, -0.25) is 9.59 Å². The molecule has 1 unspecified atom stereocenters. The van der Waals surface area contributed by atoms with E-state index in [1.165, 1.54) is 4.90 Å². The Labute approximate surface area is 144 Å². The molecule has 2 rings (SSSR count). The second-order valence-corrected chi connectivity index (χ2v) is 6.17. The molecule has 0 radical (unpaired) electrons. The highest BCUT2D eigenvalue weighted by Gasteiger charge is 2.16. The van der Waals surface area contributed by atoms with E-state index in [1.807, 2.05) is 13.0 Å². The molecule has 128 valence electrons. The summed E-state index contributed by atoms with van der Waals surface area (Å²) in [4.78, 5) is 25.6. The molecular weight excluding hydrogens is 314 g/mol. The van der Waals surface area contributed by atoms with Gasteiger partial charge < -0.3 is 15.5 Å². The molecule has 2 amide bonds. The van der Waals surface area contributed by atoms with Crippen LogP contribution < -0.4 is 10.6 Å². The molecule has 1 aromatic carbocycles. The van der Waals surface area contributed by atoms with Gasteiger partial charge in [0.05, 0.1) is 0 Å². The molecule has 1 fully saturated rings. The lowest BCUT2D eigenvalue weighted by atomic mass is 10.0. The smallest absolute Gasteiger partial charge is 0.253 e. The number of anilines is 1. The zero-order chi connectivity index (χ0) is 16.1. The number of benzene rings is 1. The maximum Gasteiger partial charge on any atom is 0.253 e. The van der Waals surface area contributed by atoms with E-state index in [0.29, 0.717) is 17.9 Å². The van der Waals surface area contributed by atoms with E-state index >= 15 is 0 Å². The molecule has 0 aromatic heterocycles. The van der Waals surface area contributed by atoms with Crippen molar-refractivity contribution in [2.75, 3.05) is 32.5 Å². The van der Waals surface area contributed by atoms with Crippen LogP contribution in [0.1, 0.15) is 35.2 Å². The Bertz CT molecular complexity index is 555. The van der Waals surface area contributed by atoms with Gasteiger partial charge in [-0.2, -0.15) is 0 Å². The van der Waals surface area contributed by atoms with Crippen LogP contribution in [0.15, 0.2) is 18.2 Å². The highest BCUT2D eigenvalue weighted by molar-refractivity contribution is 5.97. The standard InChI is InChI=1S/C17H25N3O2.ClH/c1-12-4-6-14(17(22)20(2)3)10-15(12)19-16(21)7-5-13-8-9-18-11-13;/h4,6,10,13,18H,5,7-9,11H2,1-3H3,(H,19,21);1H. The van der Waals surface area contributed by atoms with Crippen LogP contribution in [-0.4, -0.2) is 43.9 Å². The van der Waals surface area contributed by atoms with E-state index in [4.69, 9.17) is 0 Å². The Morgan fingerprint density at radius 3 is 2.70 bits per heavy atom. The first-order valence-electron chi connectivity index (χ1n) is 7.80. The van der Waals surface area contributed by atoms with Crippen LogP contribution in [0.2, 0.25) is 0 Å². The number of amides is 2. The monoisotopic (exact) mass is 339 g/mol. The molecule has 1 aromatic rings. The topological polar surface area (TPSA) is 61.4 Å². The van der Waals surface area contributed by atoms with E-state index < -0.39 is 0 Å². The molecule has 1 saturated heterocycles. The van der Waals surface area contributed by atoms with Gasteiger partial charge in [0.15, 0.2) is 0 Å². The largest absolute Gasteiger partial charge is 0.345 e. The molecule has 1 heterocycles. The average molecular weight is 340 g/mol. The number of hydrogen-bond acceptors (Lipinski definition) is 3. The summed E-state index contributed by atoms with van der Waals surface area (Å²) < 4.78 is 0. The summed E-state index contributed by atoms with van der Waals surface area (Å²) in [6, 6.07) is 5.41. The van der Waals surface area contributed by atoms with E-state index in [0.717, 1.165) is 37.2 Å². The lowest BCUT2D eigenvalue weighted by molar-refractivity contribution is -0.116. The molecule has 2 N–H and O–H groups in total. The number of carbonyl (C=O) groups is 2. The summed E-state index contributed by atoms with van der Waals surface area (Å²) in [6.07, 6.45) is 2.59. The van der Waals surface area contributed by atoms with E-state index in [9.17, 15) is 9.59 Å². The summed E-state index contributed by atoms with van der Waals surface area (Å²) in [5, 5.41) is 6.25. The Hall–Kier alpha value is -1.59. The van der Waals surface area contributed by atoms with Gasteiger partial charge in [-0.25, -0.2) is 0 Å². The van der Waals surface area contributed by atoms with Crippen molar-refractivity contribution in [2.45, 2.75) is 26.2 Å². The second-order valence-electron chi connectivity index (χ2n) is 6.17. The number of nitrogens with one attached hydrogen (secondary N) is 2. The van der Waals surface area contributed by atoms with Crippen LogP contribution in [0.25, 0.3) is 0 Å². The minimum atomic E-state index is -0.0625. The molecule has 0 saturated carbocycles. The van der Waals surface area contributed by atoms with Crippen LogP contribution in [-0.2, 0) is 4.79 Å². The predicted octanol–water partition coefficient (Wildman–Crippen LogP) is 2.45. The Balaban J connectivity index is 0.00000264. The van der Waals surface area contributed by atoms with Crippen molar-refractivity contribution in [1.29, 1.82) is 0 Å². The molecule has 1 aliphatic rings. The fourth-order valence-electron chi connectivity index (χ4n) is 2.66. The van der Waals surface area contributed by atoms with Crippen LogP contribution in [0.4, 0.5) is 5.69 Å². The molecule has 1 aliphatic heterocycles. The molecule has 0 bridgehead atoms. The first kappa shape index (κ1) is 19.5. The van der Waals surface area contributed by atoms with Gasteiger partial charge in [0.2, 0.25) is 5.91 Å². The number of carbonyl (C=O) groups excluding carboxylic acids is 2. The second kappa shape index (κ2) is 8.89. The minimum Gasteiger partial charge on any atom is -0.345 e. The highest BCUT2D eigenvalue weighted by atomic mass is 35.5. The Morgan fingerprint density at radius 1 is 1.35 bits per heavy atom. The Kier molecular flexibility index (Phi) is 7.52. The van der Waals surface area contributed by atoms with Crippen molar-refractivity contribution in [3.8, 4) is 0 Å². The first-order valence-corrected chi connectivity index (χ1v) is 7.80. The maximum atomic E-state index is 12.1. The Morgan fingerprint density at radius 2 is 2.09 bits per heavy atom. The molecule has 0 aliphatic carbocycles. The van der Waals surface area contributed by atoms with E-state index in [2.05, 4.69) is 10.6 Å². The van der Waals surface area contributed by atoms with Crippen LogP contribution >= 0.6 is 12.4 Å². The molecule has 1 atom stereocenters. The molecular formula is C17H26ClN3O2. The zero-order valence-electron chi connectivity index (χ0n) is 14.0. The molecule has 0 spiro atoms. The predicted molar refractivity (Wildman–Crippen MR) is 95.3 cm³/mol. The molecule has 23 heavy (non-hydrogen) atoms. The lowest BCUT2D eigenvalue weighted by Gasteiger charge is -2.14. The SMILES string of the molecule is Cc1ccc(C(=O)N(C)C)cc1NC(=O)CCC1CCNC1.Cl. The summed E-state index contributed by atoms with van der Waals surface area (Å²) >= 11 is 0. The van der Waals surface area contributed by atoms with Crippen molar-refractivity contribution in [3.05, 3.63) is 29.3 Å². The summed E-state index contributed by atoms with van der Waals surface area (Å²) in [6.45, 7) is 4.00. The number of aryl methyl sites for hydroxylation is 1. The number of hydrogen-bond donors (Lipinski definition) is 2. The van der Waals surface area contributed by atoms with Crippen LogP contribution in [0.3, 0.4) is 0 Å². The average Bonchev–Trinajstić information content (AvgIpc) is 3.00. The van der Waals surface area contributed by atoms with E-state index in [-0.39, 0.29) is 24.2 Å². The fraction of sp³-hybridized carbons (Fsp3) is 0.529. The highest BCUT2D eigenvalue weighted by Crippen LogP contribution is 2.19. The van der Waals surface area contributed by atoms with Gasteiger partial charge in [0, 0.05) is 31.8 Å². The molecule has 6 heteroatoms. The number of rotatable bonds is 5. The summed E-state index contributed by atoms with van der Waals surface area (Å²) in [7, 11) is 3.44. The van der Waals surface area contributed by atoms with Gasteiger partial charge >= 0.3 is 0 Å². The number of halogens is 1. The van der Waals surface area contributed by atoms with Crippen molar-refractivity contribution in [1.82, 2.24) is 10.2 Å². The quantitative estimate of drug-likeness (QED) is 0.866. The fourth-order valence-corrected chi connectivity index (χ4v) is 2.66. The van der Waals surface area contributed by atoms with Gasteiger partial charge in [0.25, 0.3) is 5.91 Å². The maximum absolute atomic E-state index is 12.1. The third-order valence-corrected chi connectivity index (χ3v) is 4.11. The van der Waals surface area contributed by atoms with E-state index in [1.54, 1.807) is 26.2 Å². The van der Waals surface area contributed by atoms with Crippen LogP contribution in [0, 0.1) is 12.8 Å². The van der Waals surface area contributed by atoms with Crippen molar-refractivity contribution in [3.63, 3.8) is 0 Å². The summed E-state index contributed by atoms with van der Waals surface area (Å²) in [5.74, 6) is 0.561. The normalized spacial score (nSPS) is 16.6. The van der Waals surface area contributed by atoms with Gasteiger partial charge in [0.1, 0.15) is 0 Å². The first-order chi connectivity index (χ1) is 10.5. The lowest BCUT2D eigenvalue weighted by Crippen LogP contribution is -2.22. The minimum absolute atomic E-state index is 0. The third-order valence-electron chi connectivity index (χ3n) is 4.11. The van der Waals surface area contributed by atoms with Crippen molar-refractivity contribution in [2.24, 2.45) is 5.92 Å². The van der Waals surface area contributed by atoms with Gasteiger partial charge in [-0.15, -0.1) is 12.4 Å². The summed E-state index contributed by atoms with van der Waals surface area (Å²) in [5.41, 5.74) is 2.28. The van der Waals surface area contributed by atoms with Crippen LogP contribution in [0.5, 0.6) is 0 Å². The van der Waals surface area contributed by atoms with Gasteiger partial charge in [-0.05, 0) is 56.5 Å². The zero-order valence-corrected chi connectivity index (χ0v) is 14.8.